The van der Waals surface area contributed by atoms with Crippen LogP contribution in [0.15, 0.2) is 23.1 Å². The number of likely N-dealkylation sites (tertiary alicyclic amines) is 1. The third-order valence-electron chi connectivity index (χ3n) is 3.50. The lowest BCUT2D eigenvalue weighted by Crippen LogP contribution is -2.31. The Morgan fingerprint density at radius 1 is 1.36 bits per heavy atom. The molecule has 0 bridgehead atoms. The van der Waals surface area contributed by atoms with Crippen LogP contribution in [0.1, 0.15) is 22.5 Å². The number of ether oxygens (including phenoxy) is 2. The van der Waals surface area contributed by atoms with Gasteiger partial charge in [0.05, 0.1) is 32.2 Å². The van der Waals surface area contributed by atoms with Gasteiger partial charge in [0, 0.05) is 13.0 Å². The zero-order valence-corrected chi connectivity index (χ0v) is 12.4. The van der Waals surface area contributed by atoms with E-state index in [1.807, 2.05) is 0 Å². The van der Waals surface area contributed by atoms with Crippen molar-refractivity contribution in [3.05, 3.63) is 29.9 Å². The van der Waals surface area contributed by atoms with Crippen LogP contribution in [0.25, 0.3) is 0 Å². The Hall–Kier alpha value is -2.64. The lowest BCUT2D eigenvalue weighted by molar-refractivity contribution is 0.0769. The van der Waals surface area contributed by atoms with Crippen molar-refractivity contribution < 1.29 is 18.8 Å². The highest BCUT2D eigenvalue weighted by molar-refractivity contribution is 5.94. The summed E-state index contributed by atoms with van der Waals surface area (Å²) >= 11 is 0. The standard InChI is InChI=1S/C14H16N4O4/c1-9-11(5-16-22-9)14(19)18-4-3-10(8-18)21-13-7-15-6-12(17-13)20-2/h5-7,10H,3-4,8H2,1-2H3. The summed E-state index contributed by atoms with van der Waals surface area (Å²) in [6.07, 6.45) is 5.09. The molecule has 1 fully saturated rings. The fourth-order valence-corrected chi connectivity index (χ4v) is 2.34. The third kappa shape index (κ3) is 2.85. The van der Waals surface area contributed by atoms with E-state index < -0.39 is 0 Å². The molecule has 1 unspecified atom stereocenters. The SMILES string of the molecule is COc1cncc(OC2CCN(C(=O)c3cnoc3C)C2)n1. The van der Waals surface area contributed by atoms with E-state index in [-0.39, 0.29) is 12.0 Å². The molecular weight excluding hydrogens is 288 g/mol. The Balaban J connectivity index is 1.62. The van der Waals surface area contributed by atoms with Gasteiger partial charge in [-0.25, -0.2) is 0 Å². The van der Waals surface area contributed by atoms with E-state index in [0.29, 0.717) is 36.2 Å². The normalized spacial score (nSPS) is 17.5. The molecule has 8 heteroatoms. The van der Waals surface area contributed by atoms with Crippen LogP contribution in [0.2, 0.25) is 0 Å². The summed E-state index contributed by atoms with van der Waals surface area (Å²) in [5.41, 5.74) is 0.488. The van der Waals surface area contributed by atoms with Crippen LogP contribution in [0.4, 0.5) is 0 Å². The topological polar surface area (TPSA) is 90.6 Å². The molecule has 0 spiro atoms. The van der Waals surface area contributed by atoms with E-state index in [9.17, 15) is 4.79 Å². The minimum absolute atomic E-state index is 0.0958. The fourth-order valence-electron chi connectivity index (χ4n) is 2.34. The second-order valence-corrected chi connectivity index (χ2v) is 4.98. The Morgan fingerprint density at radius 3 is 2.91 bits per heavy atom. The lowest BCUT2D eigenvalue weighted by Gasteiger charge is -2.16. The molecule has 3 heterocycles. The van der Waals surface area contributed by atoms with Crippen LogP contribution in [0.3, 0.4) is 0 Å². The second kappa shape index (κ2) is 6.00. The zero-order valence-electron chi connectivity index (χ0n) is 12.4. The van der Waals surface area contributed by atoms with Crippen LogP contribution < -0.4 is 9.47 Å². The number of aryl methyl sites for hydroxylation is 1. The van der Waals surface area contributed by atoms with E-state index in [2.05, 4.69) is 15.1 Å². The quantitative estimate of drug-likeness (QED) is 0.834. The van der Waals surface area contributed by atoms with Crippen LogP contribution in [-0.2, 0) is 0 Å². The van der Waals surface area contributed by atoms with Crippen LogP contribution in [0.5, 0.6) is 11.8 Å². The Kier molecular flexibility index (Phi) is 3.90. The number of rotatable bonds is 4. The van der Waals surface area contributed by atoms with Gasteiger partial charge in [0.2, 0.25) is 11.8 Å². The Labute approximate surface area is 127 Å². The first-order valence-electron chi connectivity index (χ1n) is 6.90. The van der Waals surface area contributed by atoms with Gasteiger partial charge in [-0.15, -0.1) is 0 Å². The first kappa shape index (κ1) is 14.3. The molecular formula is C14H16N4O4. The second-order valence-electron chi connectivity index (χ2n) is 4.98. The van der Waals surface area contributed by atoms with Gasteiger partial charge in [-0.05, 0) is 6.92 Å². The summed E-state index contributed by atoms with van der Waals surface area (Å²) in [6, 6.07) is 0. The lowest BCUT2D eigenvalue weighted by atomic mass is 10.2. The number of amides is 1. The molecule has 8 nitrogen and oxygen atoms in total. The van der Waals surface area contributed by atoms with Crippen molar-refractivity contribution in [2.24, 2.45) is 0 Å². The molecule has 1 aliphatic rings. The molecule has 0 saturated carbocycles. The Bertz CT molecular complexity index is 672. The maximum atomic E-state index is 12.3. The van der Waals surface area contributed by atoms with E-state index in [1.165, 1.54) is 25.7 Å². The highest BCUT2D eigenvalue weighted by Gasteiger charge is 2.30. The van der Waals surface area contributed by atoms with E-state index >= 15 is 0 Å². The number of hydrogen-bond acceptors (Lipinski definition) is 7. The van der Waals surface area contributed by atoms with Crippen molar-refractivity contribution in [3.8, 4) is 11.8 Å². The summed E-state index contributed by atoms with van der Waals surface area (Å²) < 4.78 is 15.7. The van der Waals surface area contributed by atoms with Crippen molar-refractivity contribution >= 4 is 5.91 Å². The zero-order chi connectivity index (χ0) is 15.5. The number of methoxy groups -OCH3 is 1. The minimum Gasteiger partial charge on any atom is -0.480 e. The molecule has 3 rings (SSSR count). The number of carbonyl (C=O) groups excluding carboxylic acids is 1. The molecule has 1 atom stereocenters. The first-order chi connectivity index (χ1) is 10.7. The van der Waals surface area contributed by atoms with Crippen LogP contribution >= 0.6 is 0 Å². The fraction of sp³-hybridized carbons (Fsp3) is 0.429. The molecule has 2 aromatic rings. The van der Waals surface area contributed by atoms with Gasteiger partial charge in [-0.2, -0.15) is 4.98 Å². The van der Waals surface area contributed by atoms with Crippen molar-refractivity contribution in [2.75, 3.05) is 20.2 Å². The number of hydrogen-bond donors (Lipinski definition) is 0. The minimum atomic E-state index is -0.120. The molecule has 1 amide bonds. The summed E-state index contributed by atoms with van der Waals surface area (Å²) in [5, 5.41) is 3.63. The molecule has 2 aromatic heterocycles. The van der Waals surface area contributed by atoms with Gasteiger partial charge in [-0.3, -0.25) is 9.78 Å². The third-order valence-corrected chi connectivity index (χ3v) is 3.50. The van der Waals surface area contributed by atoms with Crippen molar-refractivity contribution in [1.29, 1.82) is 0 Å². The van der Waals surface area contributed by atoms with Gasteiger partial charge >= 0.3 is 0 Å². The largest absolute Gasteiger partial charge is 0.480 e. The number of aromatic nitrogens is 3. The highest BCUT2D eigenvalue weighted by Crippen LogP contribution is 2.20. The smallest absolute Gasteiger partial charge is 0.259 e. The molecule has 0 aromatic carbocycles. The van der Waals surface area contributed by atoms with E-state index in [1.54, 1.807) is 11.8 Å². The number of carbonyl (C=O) groups is 1. The summed E-state index contributed by atoms with van der Waals surface area (Å²) in [5.74, 6) is 1.21. The van der Waals surface area contributed by atoms with E-state index in [4.69, 9.17) is 14.0 Å². The number of nitrogens with zero attached hydrogens (tertiary/aromatic N) is 4. The van der Waals surface area contributed by atoms with Crippen LogP contribution in [-0.4, -0.2) is 52.2 Å². The molecule has 1 aliphatic heterocycles. The molecule has 0 N–H and O–H groups in total. The molecule has 116 valence electrons. The summed E-state index contributed by atoms with van der Waals surface area (Å²) in [6.45, 7) is 2.82. The van der Waals surface area contributed by atoms with Gasteiger partial charge in [0.1, 0.15) is 17.4 Å². The molecule has 22 heavy (non-hydrogen) atoms. The van der Waals surface area contributed by atoms with Crippen molar-refractivity contribution in [1.82, 2.24) is 20.0 Å². The average Bonchev–Trinajstić information content (AvgIpc) is 3.16. The highest BCUT2D eigenvalue weighted by atomic mass is 16.5. The first-order valence-corrected chi connectivity index (χ1v) is 6.90. The summed E-state index contributed by atoms with van der Waals surface area (Å²) in [7, 11) is 1.52. The average molecular weight is 304 g/mol. The van der Waals surface area contributed by atoms with Crippen molar-refractivity contribution in [2.45, 2.75) is 19.4 Å². The maximum Gasteiger partial charge on any atom is 0.259 e. The monoisotopic (exact) mass is 304 g/mol. The van der Waals surface area contributed by atoms with Crippen molar-refractivity contribution in [3.63, 3.8) is 0 Å². The van der Waals surface area contributed by atoms with Gasteiger partial charge in [0.15, 0.2) is 0 Å². The van der Waals surface area contributed by atoms with Gasteiger partial charge < -0.3 is 18.9 Å². The Morgan fingerprint density at radius 2 is 2.18 bits per heavy atom. The maximum absolute atomic E-state index is 12.3. The predicted molar refractivity (Wildman–Crippen MR) is 74.8 cm³/mol. The molecule has 0 radical (unpaired) electrons. The summed E-state index contributed by atoms with van der Waals surface area (Å²) in [4.78, 5) is 22.2. The van der Waals surface area contributed by atoms with E-state index in [0.717, 1.165) is 6.42 Å². The van der Waals surface area contributed by atoms with Crippen LogP contribution in [0, 0.1) is 6.92 Å². The molecule has 0 aliphatic carbocycles. The molecule has 1 saturated heterocycles. The van der Waals surface area contributed by atoms with Gasteiger partial charge in [0.25, 0.3) is 5.91 Å². The van der Waals surface area contributed by atoms with Gasteiger partial charge in [-0.1, -0.05) is 5.16 Å². The predicted octanol–water partition coefficient (Wildman–Crippen LogP) is 1.08.